The standard InChI is InChI=1S/C27H19Cl2FN4O2/c1-12(2)23-20-22(32-34(23)15-6-3-13(4-7-15)26(31)35)27(36)33-24(20)16-8-5-14(28)11-18(16)17-9-10-19(29)21(30)25(17)33/h3-12,24H,1-2H3,(H2,31,35). The van der Waals surface area contributed by atoms with Gasteiger partial charge in [-0.15, -0.1) is 0 Å². The number of fused-ring (bicyclic) bond motifs is 8. The van der Waals surface area contributed by atoms with Crippen molar-refractivity contribution in [2.45, 2.75) is 25.8 Å². The van der Waals surface area contributed by atoms with Gasteiger partial charge in [0.15, 0.2) is 11.5 Å². The molecule has 1 aromatic heterocycles. The fourth-order valence-electron chi connectivity index (χ4n) is 5.27. The minimum absolute atomic E-state index is 0.0360. The minimum atomic E-state index is -0.663. The summed E-state index contributed by atoms with van der Waals surface area (Å²) in [6.45, 7) is 4.02. The number of nitrogens with zero attached hydrogens (tertiary/aromatic N) is 3. The van der Waals surface area contributed by atoms with E-state index in [1.807, 2.05) is 19.9 Å². The van der Waals surface area contributed by atoms with Crippen LogP contribution < -0.4 is 10.6 Å². The van der Waals surface area contributed by atoms with E-state index in [1.54, 1.807) is 47.1 Å². The Balaban J connectivity index is 1.63. The summed E-state index contributed by atoms with van der Waals surface area (Å²) < 4.78 is 17.2. The first-order valence-electron chi connectivity index (χ1n) is 11.3. The Labute approximate surface area is 216 Å². The molecule has 0 spiro atoms. The van der Waals surface area contributed by atoms with Gasteiger partial charge in [-0.05, 0) is 59.5 Å². The van der Waals surface area contributed by atoms with Crippen LogP contribution in [0.25, 0.3) is 16.8 Å². The van der Waals surface area contributed by atoms with Crippen LogP contribution in [0, 0.1) is 5.82 Å². The lowest BCUT2D eigenvalue weighted by Crippen LogP contribution is -2.34. The second-order valence-corrected chi connectivity index (χ2v) is 10.0. The molecule has 6 rings (SSSR count). The lowest BCUT2D eigenvalue weighted by atomic mass is 9.85. The summed E-state index contributed by atoms with van der Waals surface area (Å²) in [4.78, 5) is 26.8. The quantitative estimate of drug-likeness (QED) is 0.345. The first-order valence-corrected chi connectivity index (χ1v) is 12.1. The second kappa shape index (κ2) is 7.91. The van der Waals surface area contributed by atoms with Crippen LogP contribution in [0.4, 0.5) is 10.1 Å². The van der Waals surface area contributed by atoms with Crippen molar-refractivity contribution in [2.24, 2.45) is 5.73 Å². The van der Waals surface area contributed by atoms with Gasteiger partial charge in [-0.3, -0.25) is 14.5 Å². The Morgan fingerprint density at radius 2 is 1.78 bits per heavy atom. The third-order valence-electron chi connectivity index (χ3n) is 6.77. The van der Waals surface area contributed by atoms with E-state index in [4.69, 9.17) is 34.0 Å². The zero-order chi connectivity index (χ0) is 25.5. The molecule has 0 saturated carbocycles. The van der Waals surface area contributed by atoms with Crippen molar-refractivity contribution in [2.75, 3.05) is 4.90 Å². The van der Waals surface area contributed by atoms with Gasteiger partial charge in [-0.1, -0.05) is 49.2 Å². The first-order chi connectivity index (χ1) is 17.2. The number of hydrogen-bond acceptors (Lipinski definition) is 3. The molecule has 3 aromatic carbocycles. The lowest BCUT2D eigenvalue weighted by molar-refractivity contribution is 0.0983. The summed E-state index contributed by atoms with van der Waals surface area (Å²) in [7, 11) is 0. The van der Waals surface area contributed by atoms with Gasteiger partial charge in [0.05, 0.1) is 28.1 Å². The van der Waals surface area contributed by atoms with Crippen molar-refractivity contribution in [1.82, 2.24) is 9.78 Å². The number of aromatic nitrogens is 2. The normalized spacial score (nSPS) is 15.6. The molecule has 0 bridgehead atoms. The van der Waals surface area contributed by atoms with E-state index in [-0.39, 0.29) is 22.3 Å². The summed E-state index contributed by atoms with van der Waals surface area (Å²) in [5.41, 5.74) is 10.4. The van der Waals surface area contributed by atoms with Gasteiger partial charge >= 0.3 is 0 Å². The van der Waals surface area contributed by atoms with E-state index in [0.29, 0.717) is 27.4 Å². The number of carbonyl (C=O) groups is 2. The molecule has 9 heteroatoms. The summed E-state index contributed by atoms with van der Waals surface area (Å²) in [6, 6.07) is 14.7. The maximum atomic E-state index is 15.5. The molecule has 6 nitrogen and oxygen atoms in total. The zero-order valence-corrected chi connectivity index (χ0v) is 20.7. The molecule has 0 fully saturated rings. The topological polar surface area (TPSA) is 81.2 Å². The van der Waals surface area contributed by atoms with Crippen LogP contribution >= 0.6 is 23.2 Å². The molecule has 2 aliphatic rings. The minimum Gasteiger partial charge on any atom is -0.366 e. The van der Waals surface area contributed by atoms with Crippen LogP contribution in [0.15, 0.2) is 54.6 Å². The highest BCUT2D eigenvalue weighted by Gasteiger charge is 2.49. The van der Waals surface area contributed by atoms with E-state index >= 15 is 4.39 Å². The number of rotatable bonds is 3. The third kappa shape index (κ3) is 3.06. The molecule has 1 atom stereocenters. The van der Waals surface area contributed by atoms with Crippen molar-refractivity contribution >= 4 is 40.7 Å². The largest absolute Gasteiger partial charge is 0.366 e. The molecular weight excluding hydrogens is 502 g/mol. The third-order valence-corrected chi connectivity index (χ3v) is 7.29. The van der Waals surface area contributed by atoms with Gasteiger partial charge in [-0.25, -0.2) is 9.07 Å². The Kier molecular flexibility index (Phi) is 5.00. The lowest BCUT2D eigenvalue weighted by Gasteiger charge is -2.35. The van der Waals surface area contributed by atoms with Crippen LogP contribution in [-0.2, 0) is 0 Å². The number of anilines is 1. The van der Waals surface area contributed by atoms with E-state index in [2.05, 4.69) is 0 Å². The van der Waals surface area contributed by atoms with Crippen molar-refractivity contribution in [3.05, 3.63) is 98.5 Å². The predicted octanol–water partition coefficient (Wildman–Crippen LogP) is 6.27. The van der Waals surface area contributed by atoms with Crippen molar-refractivity contribution in [3.63, 3.8) is 0 Å². The summed E-state index contributed by atoms with van der Waals surface area (Å²) in [6.07, 6.45) is 0. The van der Waals surface area contributed by atoms with E-state index < -0.39 is 23.7 Å². The Hall–Kier alpha value is -3.68. The van der Waals surface area contributed by atoms with E-state index in [9.17, 15) is 9.59 Å². The van der Waals surface area contributed by atoms with Crippen molar-refractivity contribution in [3.8, 4) is 16.8 Å². The molecule has 2 aliphatic heterocycles. The molecule has 180 valence electrons. The molecule has 3 heterocycles. The van der Waals surface area contributed by atoms with E-state index in [0.717, 1.165) is 16.8 Å². The molecule has 2 N–H and O–H groups in total. The van der Waals surface area contributed by atoms with Gasteiger partial charge in [0, 0.05) is 21.7 Å². The highest BCUT2D eigenvalue weighted by atomic mass is 35.5. The fraction of sp³-hybridized carbons (Fsp3) is 0.148. The van der Waals surface area contributed by atoms with Crippen molar-refractivity contribution < 1.29 is 14.0 Å². The smallest absolute Gasteiger partial charge is 0.280 e. The molecule has 0 aliphatic carbocycles. The monoisotopic (exact) mass is 520 g/mol. The average molecular weight is 521 g/mol. The van der Waals surface area contributed by atoms with Gasteiger partial charge in [-0.2, -0.15) is 5.10 Å². The number of halogens is 3. The highest BCUT2D eigenvalue weighted by Crippen LogP contribution is 2.55. The van der Waals surface area contributed by atoms with Gasteiger partial charge in [0.25, 0.3) is 5.91 Å². The Morgan fingerprint density at radius 1 is 1.06 bits per heavy atom. The van der Waals surface area contributed by atoms with Crippen LogP contribution in [0.1, 0.15) is 63.5 Å². The fourth-order valence-corrected chi connectivity index (χ4v) is 5.59. The number of amides is 2. The number of hydrogen-bond donors (Lipinski definition) is 1. The SMILES string of the molecule is CC(C)c1c2c(nn1-c1ccc(C(N)=O)cc1)C(=O)N1c3c(ccc(Cl)c3F)-c3cc(Cl)ccc3C21. The van der Waals surface area contributed by atoms with Crippen LogP contribution in [0.5, 0.6) is 0 Å². The zero-order valence-electron chi connectivity index (χ0n) is 19.2. The molecular formula is C27H19Cl2FN4O2. The van der Waals surface area contributed by atoms with Gasteiger partial charge < -0.3 is 5.73 Å². The summed E-state index contributed by atoms with van der Waals surface area (Å²) >= 11 is 12.5. The first kappa shape index (κ1) is 22.8. The van der Waals surface area contributed by atoms with Crippen LogP contribution in [-0.4, -0.2) is 21.6 Å². The Morgan fingerprint density at radius 3 is 2.44 bits per heavy atom. The number of carbonyl (C=O) groups excluding carboxylic acids is 2. The summed E-state index contributed by atoms with van der Waals surface area (Å²) in [5, 5.41) is 5.14. The number of benzene rings is 3. The number of primary amides is 1. The second-order valence-electron chi connectivity index (χ2n) is 9.19. The average Bonchev–Trinajstić information content (AvgIpc) is 3.37. The Bertz CT molecular complexity index is 1610. The molecule has 4 aromatic rings. The maximum absolute atomic E-state index is 15.5. The molecule has 1 unspecified atom stereocenters. The van der Waals surface area contributed by atoms with Gasteiger partial charge in [0.1, 0.15) is 0 Å². The van der Waals surface area contributed by atoms with Gasteiger partial charge in [0.2, 0.25) is 5.91 Å². The molecule has 36 heavy (non-hydrogen) atoms. The molecule has 0 radical (unpaired) electrons. The van der Waals surface area contributed by atoms with Crippen LogP contribution in [0.3, 0.4) is 0 Å². The highest BCUT2D eigenvalue weighted by molar-refractivity contribution is 6.32. The molecule has 2 amide bonds. The van der Waals surface area contributed by atoms with E-state index in [1.165, 1.54) is 11.0 Å². The van der Waals surface area contributed by atoms with Crippen molar-refractivity contribution in [1.29, 1.82) is 0 Å². The number of nitrogens with two attached hydrogens (primary N) is 1. The summed E-state index contributed by atoms with van der Waals surface area (Å²) in [5.74, 6) is -1.64. The van der Waals surface area contributed by atoms with Crippen LogP contribution in [0.2, 0.25) is 10.0 Å². The predicted molar refractivity (Wildman–Crippen MR) is 137 cm³/mol. The maximum Gasteiger partial charge on any atom is 0.280 e. The molecule has 0 saturated heterocycles.